The number of benzene rings is 2. The van der Waals surface area contributed by atoms with Crippen LogP contribution < -0.4 is 20.9 Å². The van der Waals surface area contributed by atoms with Crippen LogP contribution in [0.15, 0.2) is 60.9 Å². The third-order valence-corrected chi connectivity index (χ3v) is 6.04. The lowest BCUT2D eigenvalue weighted by atomic mass is 10.1. The molecule has 7 nitrogen and oxygen atoms in total. The molecule has 5 rings (SSSR count). The van der Waals surface area contributed by atoms with Gasteiger partial charge >= 0.3 is 0 Å². The van der Waals surface area contributed by atoms with Gasteiger partial charge in [-0.3, -0.25) is 0 Å². The average molecular weight is 446 g/mol. The van der Waals surface area contributed by atoms with Gasteiger partial charge in [0.2, 0.25) is 5.95 Å². The Morgan fingerprint density at radius 2 is 2.00 bits per heavy atom. The summed E-state index contributed by atoms with van der Waals surface area (Å²) in [5.41, 5.74) is 4.70. The smallest absolute Gasteiger partial charge is 0.229 e. The molecule has 33 heavy (non-hydrogen) atoms. The van der Waals surface area contributed by atoms with E-state index in [1.165, 1.54) is 11.8 Å². The first kappa shape index (κ1) is 21.2. The fourth-order valence-electron chi connectivity index (χ4n) is 4.33. The third kappa shape index (κ3) is 4.61. The number of anilines is 4. The molecule has 1 aliphatic heterocycles. The molecule has 0 spiro atoms. The molecule has 0 radical (unpaired) electrons. The van der Waals surface area contributed by atoms with Crippen LogP contribution >= 0.6 is 0 Å². The van der Waals surface area contributed by atoms with Gasteiger partial charge < -0.3 is 25.4 Å². The summed E-state index contributed by atoms with van der Waals surface area (Å²) in [6.45, 7) is 5.73. The fourth-order valence-corrected chi connectivity index (χ4v) is 4.33. The molecule has 0 unspecified atom stereocenters. The van der Waals surface area contributed by atoms with Crippen molar-refractivity contribution in [1.29, 1.82) is 0 Å². The molecule has 1 atom stereocenters. The number of hydrogen-bond acceptors (Lipinski definition) is 6. The van der Waals surface area contributed by atoms with Gasteiger partial charge in [-0.05, 0) is 61.0 Å². The van der Waals surface area contributed by atoms with Crippen molar-refractivity contribution in [2.75, 3.05) is 42.2 Å². The molecule has 0 aliphatic carbocycles. The number of nitrogens with one attached hydrogen (secondary N) is 3. The van der Waals surface area contributed by atoms with E-state index in [0.29, 0.717) is 18.5 Å². The number of halogens is 1. The lowest BCUT2D eigenvalue weighted by Gasteiger charge is -2.33. The van der Waals surface area contributed by atoms with Crippen LogP contribution in [-0.2, 0) is 6.54 Å². The molecule has 1 fully saturated rings. The molecule has 0 saturated carbocycles. The van der Waals surface area contributed by atoms with Gasteiger partial charge in [-0.15, -0.1) is 0 Å². The number of hydrogen-bond donors (Lipinski definition) is 3. The van der Waals surface area contributed by atoms with Crippen LogP contribution in [0.5, 0.6) is 0 Å². The zero-order valence-electron chi connectivity index (χ0n) is 18.8. The van der Waals surface area contributed by atoms with Crippen molar-refractivity contribution in [2.45, 2.75) is 19.5 Å². The highest BCUT2D eigenvalue weighted by Gasteiger charge is 2.16. The monoisotopic (exact) mass is 445 g/mol. The zero-order chi connectivity index (χ0) is 22.8. The first-order chi connectivity index (χ1) is 16.1. The standard InChI is InChI=1S/C25H28FN7/c1-17-15-32(12-10-28-17)22-6-4-21(5-7-22)30-25-29-14-18-9-11-33(24(18)31-25)16-19-13-20(26)3-8-23(19)27-2/h3-9,11,13-14,17,27-28H,10,12,15-16H2,1-2H3,(H,29,30,31)/t17-/m0/s1. The lowest BCUT2D eigenvalue weighted by molar-refractivity contribution is 0.485. The molecule has 2 aromatic carbocycles. The number of fused-ring (bicyclic) bond motifs is 1. The molecule has 170 valence electrons. The lowest BCUT2D eigenvalue weighted by Crippen LogP contribution is -2.49. The fraction of sp³-hybridized carbons (Fsp3) is 0.280. The Labute approximate surface area is 192 Å². The van der Waals surface area contributed by atoms with Gasteiger partial charge in [0.1, 0.15) is 11.5 Å². The molecule has 2 aromatic heterocycles. The predicted octanol–water partition coefficient (Wildman–Crippen LogP) is 4.20. The zero-order valence-corrected chi connectivity index (χ0v) is 18.8. The first-order valence-corrected chi connectivity index (χ1v) is 11.2. The van der Waals surface area contributed by atoms with Gasteiger partial charge in [0.25, 0.3) is 0 Å². The Kier molecular flexibility index (Phi) is 5.83. The summed E-state index contributed by atoms with van der Waals surface area (Å²) in [5, 5.41) is 10.8. The van der Waals surface area contributed by atoms with Crippen molar-refractivity contribution in [2.24, 2.45) is 0 Å². The highest BCUT2D eigenvalue weighted by Crippen LogP contribution is 2.24. The maximum Gasteiger partial charge on any atom is 0.229 e. The van der Waals surface area contributed by atoms with Crippen LogP contribution in [0.4, 0.5) is 27.4 Å². The summed E-state index contributed by atoms with van der Waals surface area (Å²) in [7, 11) is 1.84. The van der Waals surface area contributed by atoms with E-state index in [2.05, 4.69) is 57.0 Å². The molecular formula is C25H28FN7. The Morgan fingerprint density at radius 1 is 1.15 bits per heavy atom. The molecule has 4 aromatic rings. The minimum Gasteiger partial charge on any atom is -0.388 e. The summed E-state index contributed by atoms with van der Waals surface area (Å²) < 4.78 is 15.8. The van der Waals surface area contributed by atoms with Crippen LogP contribution in [0.25, 0.3) is 11.0 Å². The average Bonchev–Trinajstić information content (AvgIpc) is 3.22. The first-order valence-electron chi connectivity index (χ1n) is 11.2. The molecule has 1 saturated heterocycles. The van der Waals surface area contributed by atoms with Crippen LogP contribution in [-0.4, -0.2) is 47.3 Å². The van der Waals surface area contributed by atoms with Crippen molar-refractivity contribution in [3.8, 4) is 0 Å². The van der Waals surface area contributed by atoms with Gasteiger partial charge in [-0.25, -0.2) is 9.37 Å². The van der Waals surface area contributed by atoms with Crippen LogP contribution in [0.1, 0.15) is 12.5 Å². The Hall–Kier alpha value is -3.65. The van der Waals surface area contributed by atoms with Gasteiger partial charge in [0.05, 0.1) is 6.54 Å². The number of piperazine rings is 1. The molecule has 3 heterocycles. The minimum absolute atomic E-state index is 0.254. The Balaban J connectivity index is 1.35. The third-order valence-electron chi connectivity index (χ3n) is 6.04. The summed E-state index contributed by atoms with van der Waals surface area (Å²) in [6, 6.07) is 15.6. The second kappa shape index (κ2) is 9.07. The Bertz CT molecular complexity index is 1250. The van der Waals surface area contributed by atoms with Crippen molar-refractivity contribution < 1.29 is 4.39 Å². The van der Waals surface area contributed by atoms with Crippen LogP contribution in [0, 0.1) is 5.82 Å². The van der Waals surface area contributed by atoms with Gasteiger partial charge in [0.15, 0.2) is 0 Å². The van der Waals surface area contributed by atoms with Crippen molar-refractivity contribution >= 4 is 34.0 Å². The molecule has 8 heteroatoms. The second-order valence-corrected chi connectivity index (χ2v) is 8.44. The number of nitrogens with zero attached hydrogens (tertiary/aromatic N) is 4. The summed E-state index contributed by atoms with van der Waals surface area (Å²) in [6.07, 6.45) is 3.76. The predicted molar refractivity (Wildman–Crippen MR) is 132 cm³/mol. The van der Waals surface area contributed by atoms with E-state index in [-0.39, 0.29) is 5.82 Å². The van der Waals surface area contributed by atoms with Gasteiger partial charge in [-0.2, -0.15) is 4.98 Å². The van der Waals surface area contributed by atoms with Crippen LogP contribution in [0.3, 0.4) is 0 Å². The maximum atomic E-state index is 13.8. The summed E-state index contributed by atoms with van der Waals surface area (Å²) >= 11 is 0. The highest BCUT2D eigenvalue weighted by atomic mass is 19.1. The quantitative estimate of drug-likeness (QED) is 0.413. The van der Waals surface area contributed by atoms with Crippen molar-refractivity contribution in [1.82, 2.24) is 19.9 Å². The SMILES string of the molecule is CNc1ccc(F)cc1Cn1ccc2cnc(Nc3ccc(N4CCN[C@@H](C)C4)cc3)nc21. The van der Waals surface area contributed by atoms with Crippen molar-refractivity contribution in [3.05, 3.63) is 72.3 Å². The minimum atomic E-state index is -0.254. The van der Waals surface area contributed by atoms with Gasteiger partial charge in [0, 0.05) is 67.6 Å². The van der Waals surface area contributed by atoms with E-state index in [1.54, 1.807) is 12.1 Å². The van der Waals surface area contributed by atoms with Gasteiger partial charge in [-0.1, -0.05) is 0 Å². The summed E-state index contributed by atoms with van der Waals surface area (Å²) in [4.78, 5) is 11.6. The van der Waals surface area contributed by atoms with E-state index >= 15 is 0 Å². The summed E-state index contributed by atoms with van der Waals surface area (Å²) in [5.74, 6) is 0.273. The maximum absolute atomic E-state index is 13.8. The largest absolute Gasteiger partial charge is 0.388 e. The topological polar surface area (TPSA) is 70.0 Å². The number of aromatic nitrogens is 3. The van der Waals surface area contributed by atoms with E-state index < -0.39 is 0 Å². The molecule has 3 N–H and O–H groups in total. The highest BCUT2D eigenvalue weighted by molar-refractivity contribution is 5.77. The van der Waals surface area contributed by atoms with E-state index in [4.69, 9.17) is 4.98 Å². The molecule has 1 aliphatic rings. The molecular weight excluding hydrogens is 417 g/mol. The van der Waals surface area contributed by atoms with E-state index in [1.807, 2.05) is 30.1 Å². The normalized spacial score (nSPS) is 16.2. The Morgan fingerprint density at radius 3 is 2.79 bits per heavy atom. The molecule has 0 amide bonds. The number of rotatable bonds is 6. The van der Waals surface area contributed by atoms with E-state index in [9.17, 15) is 4.39 Å². The van der Waals surface area contributed by atoms with Crippen molar-refractivity contribution in [3.63, 3.8) is 0 Å². The second-order valence-electron chi connectivity index (χ2n) is 8.44. The van der Waals surface area contributed by atoms with E-state index in [0.717, 1.165) is 47.6 Å². The molecule has 0 bridgehead atoms. The van der Waals surface area contributed by atoms with Crippen LogP contribution in [0.2, 0.25) is 0 Å².